The molecule has 84 valence electrons. The molecule has 0 saturated carbocycles. The van der Waals surface area contributed by atoms with Gasteiger partial charge in [0.15, 0.2) is 0 Å². The number of hydrogen-bond donors (Lipinski definition) is 1. The van der Waals surface area contributed by atoms with E-state index in [9.17, 15) is 0 Å². The topological polar surface area (TPSA) is 51.0 Å². The lowest BCUT2D eigenvalue weighted by Gasteiger charge is -2.01. The Balaban J connectivity index is 2.31. The van der Waals surface area contributed by atoms with Gasteiger partial charge in [0, 0.05) is 10.6 Å². The van der Waals surface area contributed by atoms with Crippen LogP contribution in [0.5, 0.6) is 0 Å². The maximum Gasteiger partial charge on any atom is 0.243 e. The van der Waals surface area contributed by atoms with Crippen molar-refractivity contribution < 1.29 is 4.52 Å². The molecule has 1 aromatic heterocycles. The quantitative estimate of drug-likeness (QED) is 0.892. The van der Waals surface area contributed by atoms with Crippen molar-refractivity contribution in [3.05, 3.63) is 35.2 Å². The summed E-state index contributed by atoms with van der Waals surface area (Å²) < 4.78 is 5.14. The normalized spacial score (nSPS) is 12.7. The molecule has 0 aliphatic rings. The Bertz CT molecular complexity index is 484. The van der Waals surface area contributed by atoms with Gasteiger partial charge < -0.3 is 9.84 Å². The van der Waals surface area contributed by atoms with E-state index in [0.717, 1.165) is 5.56 Å². The number of nitrogens with one attached hydrogen (secondary N) is 1. The van der Waals surface area contributed by atoms with Crippen molar-refractivity contribution in [3.63, 3.8) is 0 Å². The first-order chi connectivity index (χ1) is 7.70. The van der Waals surface area contributed by atoms with Gasteiger partial charge in [0.2, 0.25) is 11.7 Å². The predicted octanol–water partition coefficient (Wildman–Crippen LogP) is 2.67. The highest BCUT2D eigenvalue weighted by molar-refractivity contribution is 6.30. The average Bonchev–Trinajstić information content (AvgIpc) is 2.77. The Morgan fingerprint density at radius 2 is 2.25 bits per heavy atom. The fourth-order valence-electron chi connectivity index (χ4n) is 1.28. The van der Waals surface area contributed by atoms with E-state index >= 15 is 0 Å². The summed E-state index contributed by atoms with van der Waals surface area (Å²) in [7, 11) is 1.84. The van der Waals surface area contributed by atoms with E-state index in [1.165, 1.54) is 0 Å². The fraction of sp³-hybridized carbons (Fsp3) is 0.273. The first-order valence-electron chi connectivity index (χ1n) is 4.97. The Morgan fingerprint density at radius 3 is 2.94 bits per heavy atom. The largest absolute Gasteiger partial charge is 0.337 e. The number of nitrogens with zero attached hydrogens (tertiary/aromatic N) is 2. The second-order valence-corrected chi connectivity index (χ2v) is 3.91. The minimum Gasteiger partial charge on any atom is -0.337 e. The molecule has 1 unspecified atom stereocenters. The minimum absolute atomic E-state index is 0.0421. The van der Waals surface area contributed by atoms with Gasteiger partial charge in [-0.1, -0.05) is 28.9 Å². The monoisotopic (exact) mass is 237 g/mol. The van der Waals surface area contributed by atoms with Crippen LogP contribution in [0.25, 0.3) is 11.4 Å². The van der Waals surface area contributed by atoms with Crippen LogP contribution in [0.15, 0.2) is 28.8 Å². The zero-order valence-electron chi connectivity index (χ0n) is 9.07. The number of aromatic nitrogens is 2. The van der Waals surface area contributed by atoms with Gasteiger partial charge in [0.25, 0.3) is 0 Å². The van der Waals surface area contributed by atoms with E-state index in [1.54, 1.807) is 6.07 Å². The Morgan fingerprint density at radius 1 is 1.44 bits per heavy atom. The zero-order valence-corrected chi connectivity index (χ0v) is 9.82. The maximum absolute atomic E-state index is 5.89. The summed E-state index contributed by atoms with van der Waals surface area (Å²) in [5.41, 5.74) is 0.853. The fourth-order valence-corrected chi connectivity index (χ4v) is 1.47. The molecule has 1 heterocycles. The van der Waals surface area contributed by atoms with Gasteiger partial charge in [-0.2, -0.15) is 4.98 Å². The molecule has 0 spiro atoms. The summed E-state index contributed by atoms with van der Waals surface area (Å²) >= 11 is 5.89. The first-order valence-corrected chi connectivity index (χ1v) is 5.35. The molecule has 0 radical (unpaired) electrons. The molecule has 1 aromatic carbocycles. The van der Waals surface area contributed by atoms with Crippen molar-refractivity contribution in [2.45, 2.75) is 13.0 Å². The maximum atomic E-state index is 5.89. The number of rotatable bonds is 3. The van der Waals surface area contributed by atoms with E-state index in [2.05, 4.69) is 15.5 Å². The van der Waals surface area contributed by atoms with Crippen molar-refractivity contribution in [1.29, 1.82) is 0 Å². The molecule has 4 nitrogen and oxygen atoms in total. The Hall–Kier alpha value is -1.39. The molecule has 0 aliphatic carbocycles. The van der Waals surface area contributed by atoms with Crippen molar-refractivity contribution in [1.82, 2.24) is 15.5 Å². The summed E-state index contributed by atoms with van der Waals surface area (Å²) in [6, 6.07) is 7.41. The van der Waals surface area contributed by atoms with Crippen LogP contribution in [0.1, 0.15) is 18.9 Å². The van der Waals surface area contributed by atoms with Crippen LogP contribution in [0, 0.1) is 0 Å². The minimum atomic E-state index is 0.0421. The summed E-state index contributed by atoms with van der Waals surface area (Å²) in [6.07, 6.45) is 0. The second-order valence-electron chi connectivity index (χ2n) is 3.48. The van der Waals surface area contributed by atoms with E-state index in [-0.39, 0.29) is 6.04 Å². The molecule has 0 amide bonds. The smallest absolute Gasteiger partial charge is 0.243 e. The zero-order chi connectivity index (χ0) is 11.5. The van der Waals surface area contributed by atoms with Gasteiger partial charge in [-0.25, -0.2) is 0 Å². The molecule has 2 rings (SSSR count). The summed E-state index contributed by atoms with van der Waals surface area (Å²) in [4.78, 5) is 4.29. The van der Waals surface area contributed by atoms with Crippen molar-refractivity contribution in [2.24, 2.45) is 0 Å². The van der Waals surface area contributed by atoms with Crippen LogP contribution in [0.3, 0.4) is 0 Å². The number of halogens is 1. The molecule has 0 fully saturated rings. The highest BCUT2D eigenvalue weighted by Crippen LogP contribution is 2.21. The molecule has 0 saturated heterocycles. The molecule has 1 N–H and O–H groups in total. The molecular formula is C11H12ClN3O. The van der Waals surface area contributed by atoms with Crippen LogP contribution in [0.2, 0.25) is 5.02 Å². The van der Waals surface area contributed by atoms with Crippen LogP contribution in [-0.4, -0.2) is 17.2 Å². The van der Waals surface area contributed by atoms with Gasteiger partial charge in [-0.15, -0.1) is 0 Å². The van der Waals surface area contributed by atoms with Crippen LogP contribution in [-0.2, 0) is 0 Å². The van der Waals surface area contributed by atoms with Crippen LogP contribution < -0.4 is 5.32 Å². The standard InChI is InChI=1S/C11H12ClN3O/c1-7(13-2)11-14-10(15-16-11)8-4-3-5-9(12)6-8/h3-7,13H,1-2H3. The van der Waals surface area contributed by atoms with Gasteiger partial charge in [-0.05, 0) is 26.1 Å². The molecule has 0 bridgehead atoms. The van der Waals surface area contributed by atoms with Crippen LogP contribution >= 0.6 is 11.6 Å². The summed E-state index contributed by atoms with van der Waals surface area (Å²) in [5, 5.41) is 7.60. The molecular weight excluding hydrogens is 226 g/mol. The highest BCUT2D eigenvalue weighted by atomic mass is 35.5. The SMILES string of the molecule is CNC(C)c1nc(-c2cccc(Cl)c2)no1. The first kappa shape index (κ1) is 11.1. The van der Waals surface area contributed by atoms with E-state index in [1.807, 2.05) is 32.2 Å². The van der Waals surface area contributed by atoms with E-state index in [0.29, 0.717) is 16.7 Å². The lowest BCUT2D eigenvalue weighted by Crippen LogP contribution is -2.12. The van der Waals surface area contributed by atoms with Crippen LogP contribution in [0.4, 0.5) is 0 Å². The Kier molecular flexibility index (Phi) is 3.22. The third kappa shape index (κ3) is 2.23. The highest BCUT2D eigenvalue weighted by Gasteiger charge is 2.13. The van der Waals surface area contributed by atoms with Gasteiger partial charge in [0.1, 0.15) is 0 Å². The summed E-state index contributed by atoms with van der Waals surface area (Å²) in [6.45, 7) is 1.95. The molecule has 0 aliphatic heterocycles. The summed E-state index contributed by atoms with van der Waals surface area (Å²) in [5.74, 6) is 1.12. The predicted molar refractivity (Wildman–Crippen MR) is 62.2 cm³/mol. The molecule has 5 heteroatoms. The third-order valence-electron chi connectivity index (χ3n) is 2.33. The number of hydrogen-bond acceptors (Lipinski definition) is 4. The van der Waals surface area contributed by atoms with E-state index < -0.39 is 0 Å². The molecule has 1 atom stereocenters. The van der Waals surface area contributed by atoms with Gasteiger partial charge in [0.05, 0.1) is 6.04 Å². The third-order valence-corrected chi connectivity index (χ3v) is 2.56. The van der Waals surface area contributed by atoms with Crippen molar-refractivity contribution in [3.8, 4) is 11.4 Å². The van der Waals surface area contributed by atoms with Gasteiger partial charge in [-0.3, -0.25) is 0 Å². The van der Waals surface area contributed by atoms with E-state index in [4.69, 9.17) is 16.1 Å². The van der Waals surface area contributed by atoms with Crippen molar-refractivity contribution in [2.75, 3.05) is 7.05 Å². The van der Waals surface area contributed by atoms with Gasteiger partial charge >= 0.3 is 0 Å². The molecule has 2 aromatic rings. The lowest BCUT2D eigenvalue weighted by atomic mass is 10.2. The second kappa shape index (κ2) is 4.63. The lowest BCUT2D eigenvalue weighted by molar-refractivity contribution is 0.347. The number of benzene rings is 1. The van der Waals surface area contributed by atoms with Crippen molar-refractivity contribution >= 4 is 11.6 Å². The molecule has 16 heavy (non-hydrogen) atoms. The average molecular weight is 238 g/mol. The Labute approximate surface area is 98.6 Å².